The van der Waals surface area contributed by atoms with Crippen LogP contribution in [0.25, 0.3) is 0 Å². The highest BCUT2D eigenvalue weighted by molar-refractivity contribution is 7.88. The van der Waals surface area contributed by atoms with Crippen molar-refractivity contribution in [3.8, 4) is 11.5 Å². The maximum absolute atomic E-state index is 12.6. The van der Waals surface area contributed by atoms with Crippen molar-refractivity contribution in [1.82, 2.24) is 4.31 Å². The Labute approximate surface area is 160 Å². The number of sulfonamides is 1. The Morgan fingerprint density at radius 3 is 2.52 bits per heavy atom. The van der Waals surface area contributed by atoms with Crippen molar-refractivity contribution in [1.29, 1.82) is 0 Å². The zero-order valence-electron chi connectivity index (χ0n) is 15.5. The van der Waals surface area contributed by atoms with Crippen molar-refractivity contribution in [2.24, 2.45) is 0 Å². The predicted molar refractivity (Wildman–Crippen MR) is 106 cm³/mol. The van der Waals surface area contributed by atoms with Crippen LogP contribution in [0.1, 0.15) is 24.8 Å². The highest BCUT2D eigenvalue weighted by Gasteiger charge is 2.34. The molecule has 1 atom stereocenters. The van der Waals surface area contributed by atoms with Crippen molar-refractivity contribution >= 4 is 21.6 Å². The van der Waals surface area contributed by atoms with Crippen molar-refractivity contribution < 1.29 is 17.9 Å². The number of carbonyl (C=O) groups excluding carboxylic acids is 1. The van der Waals surface area contributed by atoms with Crippen LogP contribution in [0, 0.1) is 6.92 Å². The number of rotatable bonds is 5. The molecule has 1 fully saturated rings. The first-order chi connectivity index (χ1) is 12.8. The minimum atomic E-state index is -3.40. The van der Waals surface area contributed by atoms with Gasteiger partial charge in [0.25, 0.3) is 0 Å². The average molecular weight is 388 g/mol. The summed E-state index contributed by atoms with van der Waals surface area (Å²) in [6.07, 6.45) is 3.30. The lowest BCUT2D eigenvalue weighted by atomic mass is 10.0. The second kappa shape index (κ2) is 8.10. The summed E-state index contributed by atoms with van der Waals surface area (Å²) in [5.41, 5.74) is 1.72. The number of aryl methyl sites for hydroxylation is 1. The van der Waals surface area contributed by atoms with E-state index in [0.29, 0.717) is 24.4 Å². The van der Waals surface area contributed by atoms with Gasteiger partial charge >= 0.3 is 0 Å². The second-order valence-corrected chi connectivity index (χ2v) is 8.75. The van der Waals surface area contributed by atoms with Crippen LogP contribution in [0.4, 0.5) is 5.69 Å². The Balaban J connectivity index is 1.66. The molecular formula is C20H24N2O4S. The maximum atomic E-state index is 12.6. The Kier molecular flexibility index (Phi) is 5.82. The van der Waals surface area contributed by atoms with Crippen LogP contribution in [0.3, 0.4) is 0 Å². The van der Waals surface area contributed by atoms with E-state index < -0.39 is 16.1 Å². The number of piperidine rings is 1. The van der Waals surface area contributed by atoms with Gasteiger partial charge in [0.05, 0.1) is 6.26 Å². The lowest BCUT2D eigenvalue weighted by Gasteiger charge is -2.32. The number of benzene rings is 2. The number of anilines is 1. The fourth-order valence-corrected chi connectivity index (χ4v) is 4.33. The van der Waals surface area contributed by atoms with Gasteiger partial charge in [-0.1, -0.05) is 18.6 Å². The minimum Gasteiger partial charge on any atom is -0.457 e. The number of hydrogen-bond acceptors (Lipinski definition) is 4. The van der Waals surface area contributed by atoms with E-state index in [2.05, 4.69) is 5.32 Å². The monoisotopic (exact) mass is 388 g/mol. The van der Waals surface area contributed by atoms with Crippen molar-refractivity contribution in [3.05, 3.63) is 54.1 Å². The first-order valence-corrected chi connectivity index (χ1v) is 10.8. The maximum Gasteiger partial charge on any atom is 0.242 e. The molecule has 0 aromatic heterocycles. The van der Waals surface area contributed by atoms with Crippen molar-refractivity contribution in [3.63, 3.8) is 0 Å². The van der Waals surface area contributed by atoms with Crippen molar-refractivity contribution in [2.75, 3.05) is 18.1 Å². The molecule has 0 bridgehead atoms. The summed E-state index contributed by atoms with van der Waals surface area (Å²) in [4.78, 5) is 12.6. The summed E-state index contributed by atoms with van der Waals surface area (Å²) >= 11 is 0. The molecule has 3 rings (SSSR count). The molecule has 0 spiro atoms. The molecule has 1 N–H and O–H groups in total. The fourth-order valence-electron chi connectivity index (χ4n) is 3.21. The van der Waals surface area contributed by atoms with Crippen LogP contribution in [0.15, 0.2) is 48.5 Å². The molecule has 7 heteroatoms. The molecule has 1 heterocycles. The smallest absolute Gasteiger partial charge is 0.242 e. The molecule has 2 aromatic carbocycles. The Hall–Kier alpha value is -2.38. The van der Waals surface area contributed by atoms with E-state index in [1.807, 2.05) is 31.2 Å². The zero-order chi connectivity index (χ0) is 19.4. The lowest BCUT2D eigenvalue weighted by Crippen LogP contribution is -2.49. The van der Waals surface area contributed by atoms with Gasteiger partial charge in [-0.3, -0.25) is 4.79 Å². The molecule has 1 saturated heterocycles. The van der Waals surface area contributed by atoms with Gasteiger partial charge in [0.1, 0.15) is 17.5 Å². The van der Waals surface area contributed by atoms with Crippen LogP contribution in [0.2, 0.25) is 0 Å². The first-order valence-electron chi connectivity index (χ1n) is 8.95. The van der Waals surface area contributed by atoms with Gasteiger partial charge < -0.3 is 10.1 Å². The predicted octanol–water partition coefficient (Wildman–Crippen LogP) is 3.54. The Morgan fingerprint density at radius 2 is 1.85 bits per heavy atom. The Morgan fingerprint density at radius 1 is 1.11 bits per heavy atom. The molecule has 27 heavy (non-hydrogen) atoms. The summed E-state index contributed by atoms with van der Waals surface area (Å²) < 4.78 is 30.9. The van der Waals surface area contributed by atoms with Gasteiger partial charge in [0, 0.05) is 12.2 Å². The van der Waals surface area contributed by atoms with E-state index >= 15 is 0 Å². The lowest BCUT2D eigenvalue weighted by molar-refractivity contribution is -0.120. The highest BCUT2D eigenvalue weighted by Crippen LogP contribution is 2.25. The summed E-state index contributed by atoms with van der Waals surface area (Å²) in [5, 5.41) is 2.81. The molecule has 0 radical (unpaired) electrons. The number of nitrogens with one attached hydrogen (secondary N) is 1. The highest BCUT2D eigenvalue weighted by atomic mass is 32.2. The third-order valence-corrected chi connectivity index (χ3v) is 5.82. The Bertz CT molecular complexity index is 910. The van der Waals surface area contributed by atoms with Crippen LogP contribution in [-0.2, 0) is 14.8 Å². The van der Waals surface area contributed by atoms with Crippen LogP contribution in [0.5, 0.6) is 11.5 Å². The third-order valence-electron chi connectivity index (χ3n) is 4.53. The van der Waals surface area contributed by atoms with E-state index in [-0.39, 0.29) is 5.91 Å². The number of hydrogen-bond donors (Lipinski definition) is 1. The van der Waals surface area contributed by atoms with Crippen LogP contribution < -0.4 is 10.1 Å². The quantitative estimate of drug-likeness (QED) is 0.850. The van der Waals surface area contributed by atoms with Gasteiger partial charge in [-0.05, 0) is 61.7 Å². The largest absolute Gasteiger partial charge is 0.457 e. The van der Waals surface area contributed by atoms with E-state index in [9.17, 15) is 13.2 Å². The van der Waals surface area contributed by atoms with Crippen molar-refractivity contribution in [2.45, 2.75) is 32.2 Å². The number of ether oxygens (including phenoxy) is 1. The van der Waals surface area contributed by atoms with Gasteiger partial charge in [-0.15, -0.1) is 0 Å². The molecule has 144 valence electrons. The molecule has 0 aliphatic carbocycles. The van der Waals surface area contributed by atoms with Crippen LogP contribution >= 0.6 is 0 Å². The van der Waals surface area contributed by atoms with Gasteiger partial charge in [-0.25, -0.2) is 8.42 Å². The minimum absolute atomic E-state index is 0.299. The molecule has 1 aliphatic rings. The molecule has 6 nitrogen and oxygen atoms in total. The molecule has 1 amide bonds. The number of nitrogens with zero attached hydrogens (tertiary/aromatic N) is 1. The normalized spacial score (nSPS) is 18.1. The van der Waals surface area contributed by atoms with E-state index in [0.717, 1.165) is 30.4 Å². The third kappa shape index (κ3) is 5.08. The summed E-state index contributed by atoms with van der Waals surface area (Å²) in [6, 6.07) is 14.1. The summed E-state index contributed by atoms with van der Waals surface area (Å²) in [6.45, 7) is 2.39. The van der Waals surface area contributed by atoms with Gasteiger partial charge in [0.15, 0.2) is 0 Å². The molecule has 2 aromatic rings. The standard InChI is InChI=1S/C20H24N2O4S/c1-15-6-5-7-18(14-15)26-17-11-9-16(10-12-17)21-20(23)19-8-3-4-13-22(19)27(2,24)25/h5-7,9-12,14,19H,3-4,8,13H2,1-2H3,(H,21,23). The topological polar surface area (TPSA) is 75.7 Å². The van der Waals surface area contributed by atoms with E-state index in [1.54, 1.807) is 24.3 Å². The van der Waals surface area contributed by atoms with E-state index in [1.165, 1.54) is 4.31 Å². The summed E-state index contributed by atoms with van der Waals surface area (Å²) in [5.74, 6) is 1.11. The molecule has 0 saturated carbocycles. The average Bonchev–Trinajstić information content (AvgIpc) is 2.63. The zero-order valence-corrected chi connectivity index (χ0v) is 16.3. The van der Waals surface area contributed by atoms with E-state index in [4.69, 9.17) is 4.74 Å². The molecular weight excluding hydrogens is 364 g/mol. The summed E-state index contributed by atoms with van der Waals surface area (Å²) in [7, 11) is -3.40. The van der Waals surface area contributed by atoms with Gasteiger partial charge in [0.2, 0.25) is 15.9 Å². The number of amides is 1. The second-order valence-electron chi connectivity index (χ2n) is 6.82. The fraction of sp³-hybridized carbons (Fsp3) is 0.350. The number of carbonyl (C=O) groups is 1. The molecule has 1 aliphatic heterocycles. The first kappa shape index (κ1) is 19.4. The SMILES string of the molecule is Cc1cccc(Oc2ccc(NC(=O)C3CCCCN3S(C)(=O)=O)cc2)c1. The molecule has 1 unspecified atom stereocenters. The van der Waals surface area contributed by atoms with Crippen LogP contribution in [-0.4, -0.2) is 37.5 Å². The van der Waals surface area contributed by atoms with Gasteiger partial charge in [-0.2, -0.15) is 4.31 Å².